The maximum Gasteiger partial charge on any atom is 0.326 e. The van der Waals surface area contributed by atoms with E-state index in [1.54, 1.807) is 37.3 Å². The molecule has 1 atom stereocenters. The number of carbonyl (C=O) groups excluding carboxylic acids is 1. The van der Waals surface area contributed by atoms with Crippen LogP contribution in [0.4, 0.5) is 5.69 Å². The van der Waals surface area contributed by atoms with E-state index in [-0.39, 0.29) is 5.91 Å². The molecule has 5 heteroatoms. The zero-order valence-corrected chi connectivity index (χ0v) is 10.8. The molecule has 0 bridgehead atoms. The van der Waals surface area contributed by atoms with Gasteiger partial charge in [0.1, 0.15) is 6.04 Å². The fraction of sp³-hybridized carbons (Fsp3) is 0.286. The lowest BCUT2D eigenvalue weighted by molar-refractivity contribution is -0.137. The van der Waals surface area contributed by atoms with E-state index in [1.165, 1.54) is 0 Å². The second-order valence-electron chi connectivity index (χ2n) is 4.02. The van der Waals surface area contributed by atoms with Crippen LogP contribution in [0.1, 0.15) is 23.7 Å². The maximum atomic E-state index is 11.6. The standard InChI is InChI=1S/C14H18N2O3/c1-3-9-15-13(17)10-5-7-11(8-6-10)16-12(4-2)14(18)19/h3,5-8,12,16H,1,4,9H2,2H3,(H,15,17)(H,18,19). The number of benzene rings is 1. The third-order valence-corrected chi connectivity index (χ3v) is 2.60. The zero-order valence-electron chi connectivity index (χ0n) is 10.8. The van der Waals surface area contributed by atoms with E-state index in [4.69, 9.17) is 5.11 Å². The SMILES string of the molecule is C=CCNC(=O)c1ccc(NC(CC)C(=O)O)cc1. The molecule has 0 radical (unpaired) electrons. The molecular weight excluding hydrogens is 244 g/mol. The number of hydrogen-bond acceptors (Lipinski definition) is 3. The first-order valence-corrected chi connectivity index (χ1v) is 6.07. The summed E-state index contributed by atoms with van der Waals surface area (Å²) in [7, 11) is 0. The summed E-state index contributed by atoms with van der Waals surface area (Å²) >= 11 is 0. The summed E-state index contributed by atoms with van der Waals surface area (Å²) in [4.78, 5) is 22.5. The fourth-order valence-corrected chi connectivity index (χ4v) is 1.52. The Morgan fingerprint density at radius 2 is 2.00 bits per heavy atom. The number of rotatable bonds is 7. The minimum Gasteiger partial charge on any atom is -0.480 e. The number of aliphatic carboxylic acids is 1. The van der Waals surface area contributed by atoms with E-state index >= 15 is 0 Å². The van der Waals surface area contributed by atoms with E-state index in [9.17, 15) is 9.59 Å². The van der Waals surface area contributed by atoms with Gasteiger partial charge in [0, 0.05) is 17.8 Å². The lowest BCUT2D eigenvalue weighted by Crippen LogP contribution is -2.28. The van der Waals surface area contributed by atoms with Crippen molar-refractivity contribution in [1.29, 1.82) is 0 Å². The molecule has 1 amide bonds. The van der Waals surface area contributed by atoms with Gasteiger partial charge >= 0.3 is 5.97 Å². The van der Waals surface area contributed by atoms with Crippen LogP contribution in [0.3, 0.4) is 0 Å². The van der Waals surface area contributed by atoms with E-state index in [1.807, 2.05) is 0 Å². The van der Waals surface area contributed by atoms with Crippen LogP contribution in [0, 0.1) is 0 Å². The molecule has 1 rings (SSSR count). The summed E-state index contributed by atoms with van der Waals surface area (Å²) in [6, 6.07) is 6.05. The topological polar surface area (TPSA) is 78.4 Å². The van der Waals surface area contributed by atoms with Gasteiger partial charge in [-0.15, -0.1) is 6.58 Å². The van der Waals surface area contributed by atoms with Crippen molar-refractivity contribution in [2.45, 2.75) is 19.4 Å². The predicted molar refractivity (Wildman–Crippen MR) is 74.3 cm³/mol. The third-order valence-electron chi connectivity index (χ3n) is 2.60. The second kappa shape index (κ2) is 7.20. The Labute approximate surface area is 112 Å². The largest absolute Gasteiger partial charge is 0.480 e. The van der Waals surface area contributed by atoms with Gasteiger partial charge in [-0.05, 0) is 30.7 Å². The van der Waals surface area contributed by atoms with Crippen LogP contribution in [0.25, 0.3) is 0 Å². The van der Waals surface area contributed by atoms with Crippen LogP contribution in [-0.4, -0.2) is 29.6 Å². The minimum absolute atomic E-state index is 0.184. The van der Waals surface area contributed by atoms with Crippen LogP contribution in [-0.2, 0) is 4.79 Å². The molecule has 102 valence electrons. The smallest absolute Gasteiger partial charge is 0.326 e. The molecule has 0 aliphatic rings. The van der Waals surface area contributed by atoms with Crippen LogP contribution in [0.5, 0.6) is 0 Å². The Morgan fingerprint density at radius 1 is 1.37 bits per heavy atom. The first-order valence-electron chi connectivity index (χ1n) is 6.07. The van der Waals surface area contributed by atoms with Crippen molar-refractivity contribution in [2.75, 3.05) is 11.9 Å². The highest BCUT2D eigenvalue weighted by molar-refractivity contribution is 5.94. The average molecular weight is 262 g/mol. The van der Waals surface area contributed by atoms with Gasteiger partial charge in [-0.1, -0.05) is 13.0 Å². The third kappa shape index (κ3) is 4.46. The molecular formula is C14H18N2O3. The number of nitrogens with one attached hydrogen (secondary N) is 2. The molecule has 0 aliphatic heterocycles. The molecule has 0 saturated carbocycles. The van der Waals surface area contributed by atoms with Gasteiger partial charge in [0.2, 0.25) is 0 Å². The summed E-state index contributed by atoms with van der Waals surface area (Å²) in [5, 5.41) is 14.5. The summed E-state index contributed by atoms with van der Waals surface area (Å²) in [5.74, 6) is -1.08. The highest BCUT2D eigenvalue weighted by atomic mass is 16.4. The summed E-state index contributed by atoms with van der Waals surface area (Å²) < 4.78 is 0. The predicted octanol–water partition coefficient (Wildman–Crippen LogP) is 1.88. The van der Waals surface area contributed by atoms with E-state index in [0.717, 1.165) is 0 Å². The molecule has 0 heterocycles. The highest BCUT2D eigenvalue weighted by Crippen LogP contribution is 2.12. The van der Waals surface area contributed by atoms with Gasteiger partial charge in [0.25, 0.3) is 5.91 Å². The number of carboxylic acids is 1. The van der Waals surface area contributed by atoms with E-state index in [2.05, 4.69) is 17.2 Å². The first kappa shape index (κ1) is 14.8. The molecule has 0 saturated heterocycles. The summed E-state index contributed by atoms with van der Waals surface area (Å²) in [6.07, 6.45) is 2.09. The van der Waals surface area contributed by atoms with Gasteiger partial charge in [-0.3, -0.25) is 4.79 Å². The van der Waals surface area contributed by atoms with E-state index < -0.39 is 12.0 Å². The molecule has 0 fully saturated rings. The van der Waals surface area contributed by atoms with Crippen molar-refractivity contribution in [3.8, 4) is 0 Å². The Morgan fingerprint density at radius 3 is 2.47 bits per heavy atom. The van der Waals surface area contributed by atoms with Gasteiger partial charge < -0.3 is 15.7 Å². The Kier molecular flexibility index (Phi) is 5.60. The summed E-state index contributed by atoms with van der Waals surface area (Å²) in [6.45, 7) is 5.73. The molecule has 1 aromatic rings. The summed E-state index contributed by atoms with van der Waals surface area (Å²) in [5.41, 5.74) is 1.20. The first-order chi connectivity index (χ1) is 9.08. The minimum atomic E-state index is -0.893. The molecule has 5 nitrogen and oxygen atoms in total. The molecule has 1 unspecified atom stereocenters. The normalized spacial score (nSPS) is 11.4. The average Bonchev–Trinajstić information content (AvgIpc) is 2.42. The van der Waals surface area contributed by atoms with Gasteiger partial charge in [-0.25, -0.2) is 4.79 Å². The van der Waals surface area contributed by atoms with Crippen molar-refractivity contribution < 1.29 is 14.7 Å². The Bertz CT molecular complexity index is 454. The maximum absolute atomic E-state index is 11.6. The van der Waals surface area contributed by atoms with Crippen molar-refractivity contribution >= 4 is 17.6 Å². The monoisotopic (exact) mass is 262 g/mol. The molecule has 1 aromatic carbocycles. The molecule has 19 heavy (non-hydrogen) atoms. The molecule has 0 aliphatic carbocycles. The number of carbonyl (C=O) groups is 2. The number of amides is 1. The number of anilines is 1. The number of carboxylic acid groups (broad SMARTS) is 1. The van der Waals surface area contributed by atoms with Crippen molar-refractivity contribution in [2.24, 2.45) is 0 Å². The van der Waals surface area contributed by atoms with Crippen molar-refractivity contribution in [3.05, 3.63) is 42.5 Å². The second-order valence-corrected chi connectivity index (χ2v) is 4.02. The molecule has 0 aromatic heterocycles. The Hall–Kier alpha value is -2.30. The van der Waals surface area contributed by atoms with Gasteiger partial charge in [-0.2, -0.15) is 0 Å². The Balaban J connectivity index is 2.68. The van der Waals surface area contributed by atoms with Gasteiger partial charge in [0.05, 0.1) is 0 Å². The fourth-order valence-electron chi connectivity index (χ4n) is 1.52. The van der Waals surface area contributed by atoms with Crippen LogP contribution in [0.15, 0.2) is 36.9 Å². The number of hydrogen-bond donors (Lipinski definition) is 3. The molecule has 3 N–H and O–H groups in total. The van der Waals surface area contributed by atoms with E-state index in [0.29, 0.717) is 24.2 Å². The zero-order chi connectivity index (χ0) is 14.3. The van der Waals surface area contributed by atoms with Gasteiger partial charge in [0.15, 0.2) is 0 Å². The van der Waals surface area contributed by atoms with Crippen molar-refractivity contribution in [1.82, 2.24) is 5.32 Å². The van der Waals surface area contributed by atoms with Crippen LogP contribution >= 0.6 is 0 Å². The van der Waals surface area contributed by atoms with Crippen LogP contribution < -0.4 is 10.6 Å². The van der Waals surface area contributed by atoms with Crippen LogP contribution in [0.2, 0.25) is 0 Å². The lowest BCUT2D eigenvalue weighted by Gasteiger charge is -2.13. The van der Waals surface area contributed by atoms with Crippen molar-refractivity contribution in [3.63, 3.8) is 0 Å². The quantitative estimate of drug-likeness (QED) is 0.656. The lowest BCUT2D eigenvalue weighted by atomic mass is 10.1. The molecule has 0 spiro atoms. The highest BCUT2D eigenvalue weighted by Gasteiger charge is 2.14.